The van der Waals surface area contributed by atoms with Gasteiger partial charge in [-0.15, -0.1) is 0 Å². The van der Waals surface area contributed by atoms with Gasteiger partial charge in [-0.1, -0.05) is 43.3 Å². The SMILES string of the molecule is CC[C@@H](C(=O)NC(C)C)N(Cc1cccc(OC)c1)C(=O)Cc1ccccc1C. The van der Waals surface area contributed by atoms with Crippen LogP contribution < -0.4 is 10.1 Å². The van der Waals surface area contributed by atoms with Gasteiger partial charge in [0.25, 0.3) is 0 Å². The summed E-state index contributed by atoms with van der Waals surface area (Å²) in [7, 11) is 1.62. The van der Waals surface area contributed by atoms with Gasteiger partial charge < -0.3 is 15.0 Å². The zero-order chi connectivity index (χ0) is 21.4. The molecule has 0 radical (unpaired) electrons. The average molecular weight is 397 g/mol. The van der Waals surface area contributed by atoms with Crippen LogP contribution >= 0.6 is 0 Å². The minimum Gasteiger partial charge on any atom is -0.497 e. The molecule has 29 heavy (non-hydrogen) atoms. The molecule has 2 aromatic rings. The number of ether oxygens (including phenoxy) is 1. The van der Waals surface area contributed by atoms with E-state index in [9.17, 15) is 9.59 Å². The molecule has 0 heterocycles. The highest BCUT2D eigenvalue weighted by molar-refractivity contribution is 5.88. The zero-order valence-electron chi connectivity index (χ0n) is 18.1. The summed E-state index contributed by atoms with van der Waals surface area (Å²) >= 11 is 0. The molecule has 2 rings (SSSR count). The van der Waals surface area contributed by atoms with E-state index in [1.54, 1.807) is 12.0 Å². The Morgan fingerprint density at radius 1 is 1.10 bits per heavy atom. The van der Waals surface area contributed by atoms with Crippen LogP contribution in [-0.4, -0.2) is 35.9 Å². The Morgan fingerprint density at radius 3 is 2.45 bits per heavy atom. The molecule has 0 unspecified atom stereocenters. The van der Waals surface area contributed by atoms with Crippen LogP contribution in [0.15, 0.2) is 48.5 Å². The molecule has 0 fully saturated rings. The third kappa shape index (κ3) is 6.34. The standard InChI is InChI=1S/C24H32N2O3/c1-6-22(24(28)25-17(2)3)26(16-19-11-9-13-21(14-19)29-5)23(27)15-20-12-8-7-10-18(20)4/h7-14,17,22H,6,15-16H2,1-5H3,(H,25,28)/t22-/m0/s1. The molecule has 0 saturated carbocycles. The Balaban J connectivity index is 2.33. The lowest BCUT2D eigenvalue weighted by molar-refractivity contribution is -0.141. The van der Waals surface area contributed by atoms with E-state index in [2.05, 4.69) is 5.32 Å². The Labute approximate surface area is 174 Å². The van der Waals surface area contributed by atoms with Crippen LogP contribution in [0.5, 0.6) is 5.75 Å². The maximum atomic E-state index is 13.3. The van der Waals surface area contributed by atoms with E-state index >= 15 is 0 Å². The molecular weight excluding hydrogens is 364 g/mol. The van der Waals surface area contributed by atoms with Gasteiger partial charge in [-0.3, -0.25) is 9.59 Å². The summed E-state index contributed by atoms with van der Waals surface area (Å²) in [6.45, 7) is 8.13. The first-order valence-electron chi connectivity index (χ1n) is 10.1. The van der Waals surface area contributed by atoms with E-state index in [-0.39, 0.29) is 24.3 Å². The van der Waals surface area contributed by atoms with E-state index in [0.29, 0.717) is 13.0 Å². The number of methoxy groups -OCH3 is 1. The second-order valence-corrected chi connectivity index (χ2v) is 7.56. The highest BCUT2D eigenvalue weighted by Gasteiger charge is 2.29. The molecule has 0 aliphatic rings. The van der Waals surface area contributed by atoms with E-state index in [1.165, 1.54) is 0 Å². The molecule has 0 bridgehead atoms. The van der Waals surface area contributed by atoms with Crippen LogP contribution in [0.2, 0.25) is 0 Å². The van der Waals surface area contributed by atoms with Gasteiger partial charge >= 0.3 is 0 Å². The first-order valence-corrected chi connectivity index (χ1v) is 10.1. The van der Waals surface area contributed by atoms with Gasteiger partial charge in [-0.05, 0) is 56.0 Å². The number of aryl methyl sites for hydroxylation is 1. The van der Waals surface area contributed by atoms with E-state index < -0.39 is 6.04 Å². The lowest BCUT2D eigenvalue weighted by atomic mass is 10.0. The predicted molar refractivity (Wildman–Crippen MR) is 116 cm³/mol. The van der Waals surface area contributed by atoms with Crippen molar-refractivity contribution in [3.63, 3.8) is 0 Å². The van der Waals surface area contributed by atoms with Gasteiger partial charge in [0.2, 0.25) is 11.8 Å². The average Bonchev–Trinajstić information content (AvgIpc) is 2.69. The predicted octanol–water partition coefficient (Wildman–Crippen LogP) is 3.88. The Morgan fingerprint density at radius 2 is 1.83 bits per heavy atom. The second kappa shape index (κ2) is 10.6. The van der Waals surface area contributed by atoms with E-state index in [1.807, 2.05) is 76.2 Å². The minimum absolute atomic E-state index is 0.0155. The van der Waals surface area contributed by atoms with Gasteiger partial charge in [0.05, 0.1) is 13.5 Å². The smallest absolute Gasteiger partial charge is 0.243 e. The summed E-state index contributed by atoms with van der Waals surface area (Å²) in [6.07, 6.45) is 0.810. The Hall–Kier alpha value is -2.82. The normalized spacial score (nSPS) is 11.8. The van der Waals surface area contributed by atoms with Gasteiger partial charge in [0, 0.05) is 12.6 Å². The summed E-state index contributed by atoms with van der Waals surface area (Å²) in [4.78, 5) is 27.9. The van der Waals surface area contributed by atoms with E-state index in [0.717, 1.165) is 22.4 Å². The monoisotopic (exact) mass is 396 g/mol. The fourth-order valence-corrected chi connectivity index (χ4v) is 3.34. The molecule has 0 aliphatic heterocycles. The van der Waals surface area contributed by atoms with Crippen LogP contribution in [0.1, 0.15) is 43.9 Å². The number of carbonyl (C=O) groups is 2. The third-order valence-electron chi connectivity index (χ3n) is 4.91. The largest absolute Gasteiger partial charge is 0.497 e. The van der Waals surface area contributed by atoms with Crippen molar-refractivity contribution >= 4 is 11.8 Å². The molecule has 0 aromatic heterocycles. The molecule has 2 aromatic carbocycles. The summed E-state index contributed by atoms with van der Waals surface area (Å²) in [5, 5.41) is 2.96. The number of amides is 2. The van der Waals surface area contributed by atoms with Crippen molar-refractivity contribution in [1.29, 1.82) is 0 Å². The topological polar surface area (TPSA) is 58.6 Å². The Bertz CT molecular complexity index is 832. The molecular formula is C24H32N2O3. The minimum atomic E-state index is -0.528. The van der Waals surface area contributed by atoms with Crippen LogP contribution in [0, 0.1) is 6.92 Å². The van der Waals surface area contributed by atoms with Gasteiger partial charge in [0.15, 0.2) is 0 Å². The number of hydrogen-bond donors (Lipinski definition) is 1. The molecule has 5 nitrogen and oxygen atoms in total. The number of rotatable bonds is 9. The molecule has 2 amide bonds. The first kappa shape index (κ1) is 22.5. The fourth-order valence-electron chi connectivity index (χ4n) is 3.34. The van der Waals surface area contributed by atoms with Crippen LogP contribution in [0.3, 0.4) is 0 Å². The third-order valence-corrected chi connectivity index (χ3v) is 4.91. The summed E-state index contributed by atoms with van der Waals surface area (Å²) in [5.74, 6) is 0.546. The highest BCUT2D eigenvalue weighted by Crippen LogP contribution is 2.19. The number of hydrogen-bond acceptors (Lipinski definition) is 3. The lowest BCUT2D eigenvalue weighted by Crippen LogP contribution is -2.50. The van der Waals surface area contributed by atoms with Crippen molar-refractivity contribution in [3.05, 3.63) is 65.2 Å². The molecule has 5 heteroatoms. The zero-order valence-corrected chi connectivity index (χ0v) is 18.1. The van der Waals surface area contributed by atoms with Gasteiger partial charge in [0.1, 0.15) is 11.8 Å². The van der Waals surface area contributed by atoms with Crippen molar-refractivity contribution in [2.45, 2.75) is 59.2 Å². The number of nitrogens with one attached hydrogen (secondary N) is 1. The lowest BCUT2D eigenvalue weighted by Gasteiger charge is -2.31. The summed E-state index contributed by atoms with van der Waals surface area (Å²) in [6, 6.07) is 15.0. The second-order valence-electron chi connectivity index (χ2n) is 7.56. The fraction of sp³-hybridized carbons (Fsp3) is 0.417. The maximum Gasteiger partial charge on any atom is 0.243 e. The molecule has 1 atom stereocenters. The first-order chi connectivity index (χ1) is 13.8. The van der Waals surface area contributed by atoms with Crippen LogP contribution in [-0.2, 0) is 22.6 Å². The highest BCUT2D eigenvalue weighted by atomic mass is 16.5. The van der Waals surface area contributed by atoms with Crippen LogP contribution in [0.25, 0.3) is 0 Å². The number of nitrogens with zero attached hydrogens (tertiary/aromatic N) is 1. The Kier molecular flexibility index (Phi) is 8.25. The summed E-state index contributed by atoms with van der Waals surface area (Å²) in [5.41, 5.74) is 2.98. The number of carbonyl (C=O) groups excluding carboxylic acids is 2. The number of benzene rings is 2. The molecule has 1 N–H and O–H groups in total. The molecule has 156 valence electrons. The maximum absolute atomic E-state index is 13.3. The van der Waals surface area contributed by atoms with Crippen LogP contribution in [0.4, 0.5) is 0 Å². The molecule has 0 saturated heterocycles. The van der Waals surface area contributed by atoms with E-state index in [4.69, 9.17) is 4.74 Å². The quantitative estimate of drug-likeness (QED) is 0.700. The summed E-state index contributed by atoms with van der Waals surface area (Å²) < 4.78 is 5.31. The van der Waals surface area contributed by atoms with Crippen molar-refractivity contribution in [2.75, 3.05) is 7.11 Å². The molecule has 0 aliphatic carbocycles. The van der Waals surface area contributed by atoms with Crippen molar-refractivity contribution in [2.24, 2.45) is 0 Å². The van der Waals surface area contributed by atoms with Crippen molar-refractivity contribution in [1.82, 2.24) is 10.2 Å². The van der Waals surface area contributed by atoms with Crippen molar-refractivity contribution < 1.29 is 14.3 Å². The van der Waals surface area contributed by atoms with Crippen molar-refractivity contribution in [3.8, 4) is 5.75 Å². The van der Waals surface area contributed by atoms with Gasteiger partial charge in [-0.2, -0.15) is 0 Å². The molecule has 0 spiro atoms. The van der Waals surface area contributed by atoms with Gasteiger partial charge in [-0.25, -0.2) is 0 Å².